The molecular formula is C14H21NO2S. The number of nitrogens with zero attached hydrogens (tertiary/aromatic N) is 1. The number of rotatable bonds is 6. The Morgan fingerprint density at radius 2 is 2.22 bits per heavy atom. The van der Waals surface area contributed by atoms with Crippen molar-refractivity contribution in [3.8, 4) is 5.75 Å². The van der Waals surface area contributed by atoms with Crippen molar-refractivity contribution in [2.45, 2.75) is 25.8 Å². The molecule has 1 unspecified atom stereocenters. The van der Waals surface area contributed by atoms with Crippen LogP contribution in [0.5, 0.6) is 5.75 Å². The van der Waals surface area contributed by atoms with E-state index in [-0.39, 0.29) is 17.7 Å². The van der Waals surface area contributed by atoms with Gasteiger partial charge < -0.3 is 10.0 Å². The number of likely N-dealkylation sites (N-methyl/N-ethyl adjacent to an activating group) is 1. The number of thioether (sulfide) groups is 1. The lowest BCUT2D eigenvalue weighted by Gasteiger charge is -2.25. The molecule has 0 aliphatic rings. The Bertz CT molecular complexity index is 395. The first-order valence-electron chi connectivity index (χ1n) is 6.07. The molecule has 0 spiro atoms. The number of hydrogen-bond donors (Lipinski definition) is 1. The number of amides is 1. The summed E-state index contributed by atoms with van der Waals surface area (Å²) in [4.78, 5) is 13.9. The summed E-state index contributed by atoms with van der Waals surface area (Å²) in [5.41, 5.74) is 0.851. The van der Waals surface area contributed by atoms with Crippen molar-refractivity contribution in [3.63, 3.8) is 0 Å². The Hall–Kier alpha value is -1.16. The number of carbonyl (C=O) groups excluding carboxylic acids is 1. The molecule has 3 nitrogen and oxygen atoms in total. The maximum absolute atomic E-state index is 12.1. The van der Waals surface area contributed by atoms with Crippen LogP contribution >= 0.6 is 11.8 Å². The fourth-order valence-corrected chi connectivity index (χ4v) is 2.27. The minimum atomic E-state index is 0.0919. The average Bonchev–Trinajstić information content (AvgIpc) is 2.35. The number of hydrogen-bond acceptors (Lipinski definition) is 3. The molecular weight excluding hydrogens is 246 g/mol. The van der Waals surface area contributed by atoms with E-state index in [1.807, 2.05) is 13.1 Å². The van der Waals surface area contributed by atoms with Crippen molar-refractivity contribution in [1.29, 1.82) is 0 Å². The third-order valence-electron chi connectivity index (χ3n) is 3.06. The molecule has 4 heteroatoms. The van der Waals surface area contributed by atoms with E-state index in [1.54, 1.807) is 34.9 Å². The van der Waals surface area contributed by atoms with E-state index in [0.717, 1.165) is 17.7 Å². The Kier molecular flexibility index (Phi) is 6.05. The Morgan fingerprint density at radius 1 is 1.50 bits per heavy atom. The highest BCUT2D eigenvalue weighted by molar-refractivity contribution is 7.98. The quantitative estimate of drug-likeness (QED) is 0.861. The summed E-state index contributed by atoms with van der Waals surface area (Å²) in [5, 5.41) is 9.36. The van der Waals surface area contributed by atoms with Gasteiger partial charge >= 0.3 is 0 Å². The second kappa shape index (κ2) is 7.31. The molecule has 18 heavy (non-hydrogen) atoms. The molecule has 0 saturated carbocycles. The predicted octanol–water partition coefficient (Wildman–Crippen LogP) is 2.53. The highest BCUT2D eigenvalue weighted by atomic mass is 32.2. The van der Waals surface area contributed by atoms with Gasteiger partial charge in [-0.25, -0.2) is 0 Å². The van der Waals surface area contributed by atoms with Crippen molar-refractivity contribution in [2.24, 2.45) is 0 Å². The number of phenolic OH excluding ortho intramolecular Hbond substituents is 1. The molecule has 0 aliphatic heterocycles. The topological polar surface area (TPSA) is 40.5 Å². The molecule has 0 aromatic heterocycles. The Labute approximate surface area is 113 Å². The van der Waals surface area contributed by atoms with Crippen molar-refractivity contribution in [2.75, 3.05) is 19.1 Å². The maximum Gasteiger partial charge on any atom is 0.226 e. The van der Waals surface area contributed by atoms with Gasteiger partial charge in [0.05, 0.1) is 6.42 Å². The highest BCUT2D eigenvalue weighted by Crippen LogP contribution is 2.13. The monoisotopic (exact) mass is 267 g/mol. The molecule has 0 aliphatic carbocycles. The average molecular weight is 267 g/mol. The highest BCUT2D eigenvalue weighted by Gasteiger charge is 2.15. The first kappa shape index (κ1) is 14.9. The van der Waals surface area contributed by atoms with E-state index < -0.39 is 0 Å². The zero-order chi connectivity index (χ0) is 13.5. The summed E-state index contributed by atoms with van der Waals surface area (Å²) in [7, 11) is 1.84. The fourth-order valence-electron chi connectivity index (χ4n) is 1.69. The standard InChI is InChI=1S/C14H21NO2S/c1-11(7-8-18-3)15(2)14(17)10-12-5-4-6-13(16)9-12/h4-6,9,11,16H,7-8,10H2,1-3H3. The molecule has 1 atom stereocenters. The normalized spacial score (nSPS) is 12.2. The van der Waals surface area contributed by atoms with Gasteiger partial charge in [-0.1, -0.05) is 12.1 Å². The second-order valence-corrected chi connectivity index (χ2v) is 5.47. The number of carbonyl (C=O) groups is 1. The van der Waals surface area contributed by atoms with Gasteiger partial charge in [0.15, 0.2) is 0 Å². The van der Waals surface area contributed by atoms with E-state index in [4.69, 9.17) is 0 Å². The number of benzene rings is 1. The van der Waals surface area contributed by atoms with Crippen LogP contribution in [0.2, 0.25) is 0 Å². The Balaban J connectivity index is 2.54. The molecule has 1 aromatic rings. The van der Waals surface area contributed by atoms with Crippen LogP contribution in [-0.4, -0.2) is 41.0 Å². The number of aromatic hydroxyl groups is 1. The van der Waals surface area contributed by atoms with Gasteiger partial charge in [0.25, 0.3) is 0 Å². The SMILES string of the molecule is CSCCC(C)N(C)C(=O)Cc1cccc(O)c1. The molecule has 0 radical (unpaired) electrons. The zero-order valence-corrected chi connectivity index (χ0v) is 12.0. The van der Waals surface area contributed by atoms with Crippen molar-refractivity contribution in [1.82, 2.24) is 4.90 Å². The first-order chi connectivity index (χ1) is 8.54. The molecule has 1 rings (SSSR count). The lowest BCUT2D eigenvalue weighted by atomic mass is 10.1. The molecule has 1 aromatic carbocycles. The Morgan fingerprint density at radius 3 is 2.83 bits per heavy atom. The second-order valence-electron chi connectivity index (χ2n) is 4.48. The lowest BCUT2D eigenvalue weighted by Crippen LogP contribution is -2.36. The molecule has 100 valence electrons. The minimum absolute atomic E-state index is 0.0919. The van der Waals surface area contributed by atoms with Crippen LogP contribution in [0.3, 0.4) is 0 Å². The van der Waals surface area contributed by atoms with Crippen molar-refractivity contribution < 1.29 is 9.90 Å². The third kappa shape index (κ3) is 4.61. The van der Waals surface area contributed by atoms with E-state index >= 15 is 0 Å². The van der Waals surface area contributed by atoms with E-state index in [2.05, 4.69) is 13.2 Å². The van der Waals surface area contributed by atoms with Crippen molar-refractivity contribution >= 4 is 17.7 Å². The first-order valence-corrected chi connectivity index (χ1v) is 7.46. The molecule has 0 saturated heterocycles. The molecule has 0 heterocycles. The van der Waals surface area contributed by atoms with Crippen LogP contribution in [0, 0.1) is 0 Å². The van der Waals surface area contributed by atoms with Crippen LogP contribution in [0.4, 0.5) is 0 Å². The third-order valence-corrected chi connectivity index (χ3v) is 3.70. The van der Waals surface area contributed by atoms with Gasteiger partial charge in [-0.15, -0.1) is 0 Å². The smallest absolute Gasteiger partial charge is 0.226 e. The van der Waals surface area contributed by atoms with Gasteiger partial charge in [0.1, 0.15) is 5.75 Å². The van der Waals surface area contributed by atoms with Gasteiger partial charge in [-0.05, 0) is 43.0 Å². The summed E-state index contributed by atoms with van der Waals surface area (Å²) in [6.07, 6.45) is 3.42. The summed E-state index contributed by atoms with van der Waals surface area (Å²) >= 11 is 1.79. The summed E-state index contributed by atoms with van der Waals surface area (Å²) in [5.74, 6) is 1.36. The van der Waals surface area contributed by atoms with Crippen LogP contribution in [0.1, 0.15) is 18.9 Å². The van der Waals surface area contributed by atoms with Crippen LogP contribution < -0.4 is 0 Å². The molecule has 0 bridgehead atoms. The minimum Gasteiger partial charge on any atom is -0.508 e. The zero-order valence-electron chi connectivity index (χ0n) is 11.2. The summed E-state index contributed by atoms with van der Waals surface area (Å²) < 4.78 is 0. The van der Waals surface area contributed by atoms with Gasteiger partial charge in [0.2, 0.25) is 5.91 Å². The molecule has 1 amide bonds. The summed E-state index contributed by atoms with van der Waals surface area (Å²) in [6, 6.07) is 7.12. The number of phenols is 1. The van der Waals surface area contributed by atoms with Gasteiger partial charge in [0, 0.05) is 13.1 Å². The van der Waals surface area contributed by atoms with Crippen molar-refractivity contribution in [3.05, 3.63) is 29.8 Å². The van der Waals surface area contributed by atoms with Gasteiger partial charge in [-0.2, -0.15) is 11.8 Å². The van der Waals surface area contributed by atoms with Crippen LogP contribution in [-0.2, 0) is 11.2 Å². The fraction of sp³-hybridized carbons (Fsp3) is 0.500. The summed E-state index contributed by atoms with van der Waals surface area (Å²) in [6.45, 7) is 2.07. The van der Waals surface area contributed by atoms with E-state index in [0.29, 0.717) is 6.42 Å². The van der Waals surface area contributed by atoms with Crippen LogP contribution in [0.25, 0.3) is 0 Å². The van der Waals surface area contributed by atoms with Gasteiger partial charge in [-0.3, -0.25) is 4.79 Å². The lowest BCUT2D eigenvalue weighted by molar-refractivity contribution is -0.130. The molecule has 0 fully saturated rings. The largest absolute Gasteiger partial charge is 0.508 e. The van der Waals surface area contributed by atoms with E-state index in [1.165, 1.54) is 0 Å². The molecule has 1 N–H and O–H groups in total. The predicted molar refractivity (Wildman–Crippen MR) is 77.0 cm³/mol. The van der Waals surface area contributed by atoms with E-state index in [9.17, 15) is 9.90 Å². The van der Waals surface area contributed by atoms with Crippen LogP contribution in [0.15, 0.2) is 24.3 Å². The maximum atomic E-state index is 12.1.